The fraction of sp³-hybridized carbons (Fsp3) is 0.441. The molecule has 0 atom stereocenters. The van der Waals surface area contributed by atoms with Crippen LogP contribution in [0.1, 0.15) is 189 Å². The number of nitrogens with zero attached hydrogens (tertiary/aromatic N) is 8. The fourth-order valence-electron chi connectivity index (χ4n) is 18.7. The molecule has 8 aliphatic rings. The van der Waals surface area contributed by atoms with Crippen LogP contribution in [0.25, 0.3) is 10.8 Å². The Morgan fingerprint density at radius 1 is 0.377 bits per heavy atom. The number of sulfonamides is 1. The monoisotopic (exact) mass is 1660 g/mol. The van der Waals surface area contributed by atoms with Crippen LogP contribution in [0, 0.1) is 0 Å². The largest absolute Gasteiger partial charge is 1.00 e. The maximum atomic E-state index is 14.5. The van der Waals surface area contributed by atoms with Gasteiger partial charge < -0.3 is 72.5 Å². The van der Waals surface area contributed by atoms with Gasteiger partial charge in [0.1, 0.15) is 13.1 Å². The Kier molecular flexibility index (Phi) is 25.4. The number of allylic oxidation sites excluding steroid dienone is 16. The smallest absolute Gasteiger partial charge is 0.244 e. The Balaban J connectivity index is 0.000000217. The lowest BCUT2D eigenvalue weighted by Crippen LogP contribution is -3.00. The summed E-state index contributed by atoms with van der Waals surface area (Å²) in [6, 6.07) is 47.5. The molecule has 10 nitrogen and oxygen atoms in total. The van der Waals surface area contributed by atoms with Crippen molar-refractivity contribution < 1.29 is 65.5 Å². The quantitative estimate of drug-likeness (QED) is 0.0750. The molecule has 0 spiro atoms. The van der Waals surface area contributed by atoms with Gasteiger partial charge in [0.05, 0.1) is 18.0 Å². The van der Waals surface area contributed by atoms with Crippen molar-refractivity contribution >= 4 is 60.7 Å². The molecule has 0 aromatic heterocycles. The van der Waals surface area contributed by atoms with E-state index in [1.54, 1.807) is 10.4 Å². The van der Waals surface area contributed by atoms with Crippen LogP contribution >= 0.6 is 0 Å². The van der Waals surface area contributed by atoms with Gasteiger partial charge >= 0.3 is 0 Å². The maximum absolute atomic E-state index is 14.5. The average molecular weight is 1670 g/mol. The molecule has 2 saturated carbocycles. The van der Waals surface area contributed by atoms with Gasteiger partial charge in [-0.1, -0.05) is 204 Å². The van der Waals surface area contributed by atoms with E-state index < -0.39 is 10.0 Å². The van der Waals surface area contributed by atoms with Crippen molar-refractivity contribution in [3.05, 3.63) is 249 Å². The Bertz CT molecular complexity index is 4480. The van der Waals surface area contributed by atoms with Gasteiger partial charge in [-0.3, -0.25) is 0 Å². The second-order valence-corrected chi connectivity index (χ2v) is 34.4. The summed E-state index contributed by atoms with van der Waals surface area (Å²) < 4.78 is 35.9. The van der Waals surface area contributed by atoms with E-state index in [4.69, 9.17) is 0 Å². The second kappa shape index (κ2) is 33.6. The number of anilines is 5. The predicted octanol–water partition coefficient (Wildman–Crippen LogP) is 14.4. The van der Waals surface area contributed by atoms with E-state index in [1.165, 1.54) is 140 Å². The van der Waals surface area contributed by atoms with Gasteiger partial charge in [0.25, 0.3) is 0 Å². The highest BCUT2D eigenvalue weighted by Gasteiger charge is 2.45. The molecule has 106 heavy (non-hydrogen) atoms. The lowest BCUT2D eigenvalue weighted by molar-refractivity contribution is -0.536. The minimum Gasteiger partial charge on any atom is -1.00 e. The van der Waals surface area contributed by atoms with Gasteiger partial charge in [0, 0.05) is 159 Å². The van der Waals surface area contributed by atoms with Gasteiger partial charge in [-0.05, 0) is 154 Å². The molecule has 6 aromatic rings. The molecule has 0 amide bonds. The van der Waals surface area contributed by atoms with Gasteiger partial charge in [-0.2, -0.15) is 4.31 Å². The third kappa shape index (κ3) is 15.2. The molecule has 2 aliphatic carbocycles. The summed E-state index contributed by atoms with van der Waals surface area (Å²) in [5.74, 6) is 0. The van der Waals surface area contributed by atoms with Crippen molar-refractivity contribution in [1.29, 1.82) is 0 Å². The Morgan fingerprint density at radius 3 is 1.02 bits per heavy atom. The van der Waals surface area contributed by atoms with Crippen molar-refractivity contribution in [2.45, 2.75) is 193 Å². The molecule has 13 heteroatoms. The van der Waals surface area contributed by atoms with Crippen LogP contribution < -0.4 is 72.5 Å². The van der Waals surface area contributed by atoms with E-state index in [0.29, 0.717) is 31.1 Å². The van der Waals surface area contributed by atoms with Crippen LogP contribution in [0.2, 0.25) is 0 Å². The highest BCUT2D eigenvalue weighted by atomic mass is 127. The number of hydrogen-bond acceptors (Lipinski definition) is 7. The molecule has 562 valence electrons. The predicted molar refractivity (Wildman–Crippen MR) is 442 cm³/mol. The van der Waals surface area contributed by atoms with Gasteiger partial charge in [-0.15, -0.1) is 0 Å². The molecule has 14 rings (SSSR count). The van der Waals surface area contributed by atoms with Crippen LogP contribution in [-0.2, 0) is 31.7 Å². The molecule has 2 saturated heterocycles. The van der Waals surface area contributed by atoms with Gasteiger partial charge in [0.2, 0.25) is 21.4 Å². The standard InChI is InChI=1S/C52H64N5O2S.C41H54N3.2HI/c1-9-32-56-45-24-13-11-22-42(45)51(3,4)48(56)30-28-38-18-15-19-39(29-31-49-52(5,6)43-23-12-14-25-46(43)57(49)33-10-2)50(38)54-34-36-55(37-35-54)60(58,59)47-27-17-20-40-41(47)21-16-26-44(40)53(7)8;1-7-27-43-35-21-12-10-19-33(35)40(3,4)37(43)25-23-31-17-16-18-32(39(31)42-29-14-9-15-30-42)24-26-38-41(5,6)34-20-11-13-22-36(34)44(38)28-8-2;;/h11-14,16-17,20-31H,9-10,15,18-19,32-37H2,1-8H3;10-13,19-26H,7-9,14-18,27-30H2,1-6H3;2*1H/q2*+1;;/p-2. The van der Waals surface area contributed by atoms with Crippen LogP contribution in [-0.4, -0.2) is 113 Å². The lowest BCUT2D eigenvalue weighted by Gasteiger charge is -2.29. The van der Waals surface area contributed by atoms with Crippen molar-refractivity contribution in [3.8, 4) is 0 Å². The normalized spacial score (nSPS) is 22.5. The molecular formula is C93H118I2N8O2S. The third-order valence-electron chi connectivity index (χ3n) is 23.9. The molecule has 0 N–H and O–H groups in total. The fourth-order valence-corrected chi connectivity index (χ4v) is 20.3. The van der Waals surface area contributed by atoms with Crippen molar-refractivity contribution in [1.82, 2.24) is 4.31 Å². The minimum atomic E-state index is -3.74. The number of fused-ring (bicyclic) bond motifs is 5. The molecule has 0 bridgehead atoms. The lowest BCUT2D eigenvalue weighted by atomic mass is 9.82. The van der Waals surface area contributed by atoms with E-state index in [1.807, 2.05) is 49.3 Å². The number of piperazine rings is 1. The summed E-state index contributed by atoms with van der Waals surface area (Å²) >= 11 is 0. The van der Waals surface area contributed by atoms with Gasteiger partial charge in [-0.25, -0.2) is 17.6 Å². The third-order valence-corrected chi connectivity index (χ3v) is 25.9. The highest BCUT2D eigenvalue weighted by molar-refractivity contribution is 7.89. The summed E-state index contributed by atoms with van der Waals surface area (Å²) in [7, 11) is 0.263. The summed E-state index contributed by atoms with van der Waals surface area (Å²) in [4.78, 5) is 12.6. The van der Waals surface area contributed by atoms with Gasteiger partial charge in [0.15, 0.2) is 13.1 Å². The van der Waals surface area contributed by atoms with Crippen LogP contribution in [0.5, 0.6) is 0 Å². The Labute approximate surface area is 671 Å². The van der Waals surface area contributed by atoms with Crippen molar-refractivity contribution in [2.75, 3.05) is 104 Å². The summed E-state index contributed by atoms with van der Waals surface area (Å²) in [6.07, 6.45) is 34.5. The minimum absolute atomic E-state index is 0. The number of halogens is 2. The zero-order valence-corrected chi connectivity index (χ0v) is 71.3. The van der Waals surface area contributed by atoms with E-state index in [9.17, 15) is 8.42 Å². The second-order valence-electron chi connectivity index (χ2n) is 32.5. The average Bonchev–Trinajstić information content (AvgIpc) is 0.915. The molecule has 0 radical (unpaired) electrons. The van der Waals surface area contributed by atoms with Crippen molar-refractivity contribution in [3.63, 3.8) is 0 Å². The topological polar surface area (TPSA) is 59.6 Å². The Morgan fingerprint density at radius 2 is 0.689 bits per heavy atom. The van der Waals surface area contributed by atoms with Crippen molar-refractivity contribution in [2.24, 2.45) is 0 Å². The van der Waals surface area contributed by atoms with Crippen LogP contribution in [0.15, 0.2) is 232 Å². The van der Waals surface area contributed by atoms with E-state index >= 15 is 0 Å². The number of para-hydroxylation sites is 4. The first-order valence-corrected chi connectivity index (χ1v) is 41.1. The van der Waals surface area contributed by atoms with Crippen LogP contribution in [0.4, 0.5) is 28.4 Å². The summed E-state index contributed by atoms with van der Waals surface area (Å²) in [5, 5.41) is 1.72. The van der Waals surface area contributed by atoms with Crippen LogP contribution in [0.3, 0.4) is 0 Å². The number of hydrogen-bond donors (Lipinski definition) is 0. The highest BCUT2D eigenvalue weighted by Crippen LogP contribution is 2.52. The molecule has 6 heterocycles. The number of benzene rings is 6. The SMILES string of the molecule is CCCN1C(=CC=C2CCC/C(=C\C=C3\N(CCC)c4ccccc4C3(C)C)C2=[N+]2CCCCC2)C(C)(C)c2ccccc21.CCCN1C(=CC=C2CCC/C(=C\C=C3\N(CCC)c4ccccc4C3(C)C)C2=[N+]2CCN(S(=O)(=O)c3cccc4c(N(C)C)cccc34)CC2)C(C)(C)c2ccccc21.[I-].[I-]. The molecule has 4 fully saturated rings. The molecule has 0 unspecified atom stereocenters. The summed E-state index contributed by atoms with van der Waals surface area (Å²) in [6.45, 7) is 36.7. The Hall–Kier alpha value is -6.79. The summed E-state index contributed by atoms with van der Waals surface area (Å²) in [5.41, 5.74) is 25.9. The maximum Gasteiger partial charge on any atom is 0.244 e. The first kappa shape index (κ1) is 80.2. The first-order chi connectivity index (χ1) is 50.1. The zero-order chi connectivity index (χ0) is 73.3. The molecule has 6 aliphatic heterocycles. The molecule has 6 aromatic carbocycles. The zero-order valence-electron chi connectivity index (χ0n) is 66.1. The number of piperidine rings is 1. The van der Waals surface area contributed by atoms with E-state index in [0.717, 1.165) is 100 Å². The first-order valence-electron chi connectivity index (χ1n) is 39.7. The van der Waals surface area contributed by atoms with E-state index in [2.05, 4.69) is 258 Å². The number of rotatable bonds is 15. The molecular weight excluding hydrogens is 1550 g/mol. The van der Waals surface area contributed by atoms with E-state index in [-0.39, 0.29) is 69.6 Å².